The van der Waals surface area contributed by atoms with Gasteiger partial charge in [-0.25, -0.2) is 0 Å². The highest BCUT2D eigenvalue weighted by molar-refractivity contribution is 5.99. The number of benzene rings is 3. The molecule has 0 saturated carbocycles. The van der Waals surface area contributed by atoms with Gasteiger partial charge in [-0.15, -0.1) is 0 Å². The van der Waals surface area contributed by atoms with E-state index >= 15 is 0 Å². The molecule has 0 aliphatic heterocycles. The van der Waals surface area contributed by atoms with Gasteiger partial charge in [0.25, 0.3) is 0 Å². The number of aryl methyl sites for hydroxylation is 3. The highest BCUT2D eigenvalue weighted by Gasteiger charge is 2.45. The number of ether oxygens (including phenoxy) is 2. The van der Waals surface area contributed by atoms with E-state index in [-0.39, 0.29) is 12.2 Å². The van der Waals surface area contributed by atoms with Crippen LogP contribution in [-0.2, 0) is 24.1 Å². The Bertz CT molecular complexity index is 1240. The van der Waals surface area contributed by atoms with Crippen molar-refractivity contribution in [1.29, 1.82) is 0 Å². The first-order chi connectivity index (χ1) is 16.7. The second-order valence-electron chi connectivity index (χ2n) is 9.70. The summed E-state index contributed by atoms with van der Waals surface area (Å²) in [5.74, 6) is -0.116. The predicted octanol–water partition coefficient (Wildman–Crippen LogP) is 5.68. The van der Waals surface area contributed by atoms with E-state index in [2.05, 4.69) is 37.3 Å². The van der Waals surface area contributed by atoms with E-state index < -0.39 is 11.4 Å². The summed E-state index contributed by atoms with van der Waals surface area (Å²) in [5, 5.41) is 10.2. The lowest BCUT2D eigenvalue weighted by molar-refractivity contribution is -0.148. The molecule has 3 aromatic carbocycles. The topological polar surface area (TPSA) is 72.8 Å². The van der Waals surface area contributed by atoms with Gasteiger partial charge in [0.15, 0.2) is 17.3 Å². The molecule has 1 aliphatic carbocycles. The fourth-order valence-electron chi connectivity index (χ4n) is 4.93. The van der Waals surface area contributed by atoms with E-state index in [1.807, 2.05) is 19.9 Å². The summed E-state index contributed by atoms with van der Waals surface area (Å²) >= 11 is 0. The molecule has 0 spiro atoms. The molecular weight excluding hydrogens is 440 g/mol. The molecular formula is C30H32O5. The number of rotatable bonds is 9. The molecule has 182 valence electrons. The molecule has 0 heterocycles. The van der Waals surface area contributed by atoms with Gasteiger partial charge in [0.2, 0.25) is 0 Å². The first kappa shape index (κ1) is 24.5. The van der Waals surface area contributed by atoms with Crippen molar-refractivity contribution in [2.45, 2.75) is 46.5 Å². The maximum Gasteiger partial charge on any atom is 0.310 e. The summed E-state index contributed by atoms with van der Waals surface area (Å²) in [6.07, 6.45) is 1.38. The number of hydrogen-bond acceptors (Lipinski definition) is 4. The average Bonchev–Trinajstić information content (AvgIpc) is 3.17. The lowest BCUT2D eigenvalue weighted by Gasteiger charge is -2.23. The molecule has 0 amide bonds. The Kier molecular flexibility index (Phi) is 6.97. The highest BCUT2D eigenvalue weighted by Crippen LogP contribution is 2.42. The zero-order valence-corrected chi connectivity index (χ0v) is 20.8. The molecule has 1 aliphatic rings. The predicted molar refractivity (Wildman–Crippen MR) is 136 cm³/mol. The van der Waals surface area contributed by atoms with Crippen molar-refractivity contribution >= 4 is 11.8 Å². The van der Waals surface area contributed by atoms with Gasteiger partial charge in [0, 0.05) is 18.4 Å². The normalized spacial score (nSPS) is 13.8. The molecule has 35 heavy (non-hydrogen) atoms. The Hall–Kier alpha value is -3.60. The summed E-state index contributed by atoms with van der Waals surface area (Å²) in [6, 6.07) is 17.4. The largest absolute Gasteiger partial charge is 0.493 e. The number of carboxylic acids is 1. The molecule has 0 atom stereocenters. The second-order valence-corrected chi connectivity index (χ2v) is 9.70. The Balaban J connectivity index is 1.51. The van der Waals surface area contributed by atoms with Gasteiger partial charge in [-0.2, -0.15) is 0 Å². The molecule has 0 fully saturated rings. The second kappa shape index (κ2) is 9.95. The number of carbonyl (C=O) groups is 2. The van der Waals surface area contributed by atoms with E-state index in [4.69, 9.17) is 9.47 Å². The van der Waals surface area contributed by atoms with Crippen LogP contribution < -0.4 is 9.47 Å². The number of ketones is 1. The Morgan fingerprint density at radius 2 is 1.60 bits per heavy atom. The van der Waals surface area contributed by atoms with Crippen LogP contribution in [0.5, 0.6) is 11.5 Å². The van der Waals surface area contributed by atoms with Gasteiger partial charge >= 0.3 is 5.97 Å². The maximum atomic E-state index is 13.3. The number of carboxylic acid groups (broad SMARTS) is 1. The molecule has 5 heteroatoms. The summed E-state index contributed by atoms with van der Waals surface area (Å²) in [7, 11) is 1.56. The van der Waals surface area contributed by atoms with Crippen molar-refractivity contribution < 1.29 is 24.2 Å². The fraction of sp³-hybridized carbons (Fsp3) is 0.333. The molecule has 1 N–H and O–H groups in total. The van der Waals surface area contributed by atoms with Crippen LogP contribution in [-0.4, -0.2) is 30.6 Å². The summed E-state index contributed by atoms with van der Waals surface area (Å²) in [5.41, 5.74) is 5.99. The van der Waals surface area contributed by atoms with E-state index in [1.54, 1.807) is 25.3 Å². The van der Waals surface area contributed by atoms with Crippen LogP contribution >= 0.6 is 0 Å². The van der Waals surface area contributed by atoms with Crippen molar-refractivity contribution in [3.05, 3.63) is 93.5 Å². The Morgan fingerprint density at radius 3 is 2.20 bits per heavy atom. The molecule has 0 radical (unpaired) electrons. The van der Waals surface area contributed by atoms with E-state index in [0.717, 1.165) is 28.7 Å². The maximum absolute atomic E-state index is 13.3. The third kappa shape index (κ3) is 5.24. The van der Waals surface area contributed by atoms with E-state index in [0.29, 0.717) is 36.5 Å². The fourth-order valence-corrected chi connectivity index (χ4v) is 4.93. The third-order valence-corrected chi connectivity index (χ3v) is 7.04. The van der Waals surface area contributed by atoms with Crippen LogP contribution in [0.1, 0.15) is 50.2 Å². The van der Waals surface area contributed by atoms with Gasteiger partial charge in [-0.1, -0.05) is 42.0 Å². The Labute approximate surface area is 206 Å². The van der Waals surface area contributed by atoms with Gasteiger partial charge in [0.05, 0.1) is 19.1 Å². The molecule has 0 saturated heterocycles. The van der Waals surface area contributed by atoms with E-state index in [1.165, 1.54) is 11.1 Å². The zero-order chi connectivity index (χ0) is 25.2. The molecule has 4 rings (SSSR count). The minimum absolute atomic E-state index is 0.0653. The third-order valence-electron chi connectivity index (χ3n) is 7.04. The summed E-state index contributed by atoms with van der Waals surface area (Å²) in [6.45, 7) is 6.54. The molecule has 0 aromatic heterocycles. The van der Waals surface area contributed by atoms with Crippen molar-refractivity contribution in [2.24, 2.45) is 5.41 Å². The number of hydrogen-bond donors (Lipinski definition) is 1. The van der Waals surface area contributed by atoms with Crippen molar-refractivity contribution in [3.8, 4) is 11.5 Å². The SMILES string of the molecule is COc1ccc(C(=O)CC2(C(=O)O)Cc3cc(C)c(C)cc3C2)cc1OCCc1cccc(C)c1. The van der Waals surface area contributed by atoms with Crippen LogP contribution in [0.2, 0.25) is 0 Å². The minimum Gasteiger partial charge on any atom is -0.493 e. The zero-order valence-electron chi connectivity index (χ0n) is 20.8. The van der Waals surface area contributed by atoms with Gasteiger partial charge in [0.1, 0.15) is 0 Å². The highest BCUT2D eigenvalue weighted by atomic mass is 16.5. The van der Waals surface area contributed by atoms with Crippen LogP contribution in [0, 0.1) is 26.2 Å². The van der Waals surface area contributed by atoms with E-state index in [9.17, 15) is 14.7 Å². The lowest BCUT2D eigenvalue weighted by Crippen LogP contribution is -2.34. The number of carbonyl (C=O) groups excluding carboxylic acids is 1. The first-order valence-corrected chi connectivity index (χ1v) is 11.9. The number of Topliss-reactive ketones (excluding diaryl/α,β-unsaturated/α-hetero) is 1. The van der Waals surface area contributed by atoms with Gasteiger partial charge in [-0.05, 0) is 79.6 Å². The van der Waals surface area contributed by atoms with Crippen LogP contribution in [0.3, 0.4) is 0 Å². The number of aliphatic carboxylic acids is 1. The minimum atomic E-state index is -1.13. The molecule has 0 unspecified atom stereocenters. The van der Waals surface area contributed by atoms with Gasteiger partial charge < -0.3 is 14.6 Å². The summed E-state index contributed by atoms with van der Waals surface area (Å²) < 4.78 is 11.4. The van der Waals surface area contributed by atoms with Crippen molar-refractivity contribution in [3.63, 3.8) is 0 Å². The van der Waals surface area contributed by atoms with Crippen molar-refractivity contribution in [1.82, 2.24) is 0 Å². The quantitative estimate of drug-likeness (QED) is 0.405. The van der Waals surface area contributed by atoms with Crippen molar-refractivity contribution in [2.75, 3.05) is 13.7 Å². The summed E-state index contributed by atoms with van der Waals surface area (Å²) in [4.78, 5) is 25.7. The standard InChI is InChI=1S/C30H32O5/c1-19-6-5-7-22(12-19)10-11-35-28-15-23(8-9-27(28)34-4)26(31)18-30(29(32)33)16-24-13-20(2)21(3)14-25(24)17-30/h5-9,12-15H,10-11,16-18H2,1-4H3,(H,32,33). The van der Waals surface area contributed by atoms with Crippen LogP contribution in [0.15, 0.2) is 54.6 Å². The Morgan fingerprint density at radius 1 is 0.914 bits per heavy atom. The smallest absolute Gasteiger partial charge is 0.310 e. The molecule has 0 bridgehead atoms. The van der Waals surface area contributed by atoms with Gasteiger partial charge in [-0.3, -0.25) is 9.59 Å². The van der Waals surface area contributed by atoms with Crippen LogP contribution in [0.4, 0.5) is 0 Å². The van der Waals surface area contributed by atoms with Crippen LogP contribution in [0.25, 0.3) is 0 Å². The molecule has 5 nitrogen and oxygen atoms in total. The number of fused-ring (bicyclic) bond motifs is 1. The molecule has 3 aromatic rings. The first-order valence-electron chi connectivity index (χ1n) is 11.9. The lowest BCUT2D eigenvalue weighted by atomic mass is 9.79. The average molecular weight is 473 g/mol. The number of methoxy groups -OCH3 is 1. The monoisotopic (exact) mass is 472 g/mol.